The molecule has 0 saturated carbocycles. The quantitative estimate of drug-likeness (QED) is 0.322. The molecular formula is C29H35Cl2FN6O. The van der Waals surface area contributed by atoms with Crippen molar-refractivity contribution in [2.45, 2.75) is 39.7 Å². The highest BCUT2D eigenvalue weighted by atomic mass is 35.5. The Morgan fingerprint density at radius 2 is 1.67 bits per heavy atom. The molecule has 4 heterocycles. The normalized spacial score (nSPS) is 17.5. The summed E-state index contributed by atoms with van der Waals surface area (Å²) in [7, 11) is 2.11. The average molecular weight is 574 g/mol. The van der Waals surface area contributed by atoms with E-state index in [1.54, 1.807) is 30.5 Å². The summed E-state index contributed by atoms with van der Waals surface area (Å²) in [6.45, 7) is 10.0. The Balaban J connectivity index is 1.45. The van der Waals surface area contributed by atoms with Gasteiger partial charge in [0, 0.05) is 53.9 Å². The number of likely N-dealkylation sites (N-methyl/N-ethyl adjacent to an activating group) is 1. The molecule has 1 aromatic carbocycles. The zero-order chi connectivity index (χ0) is 27.5. The monoisotopic (exact) mass is 572 g/mol. The summed E-state index contributed by atoms with van der Waals surface area (Å²) in [4.78, 5) is 20.5. The van der Waals surface area contributed by atoms with Crippen molar-refractivity contribution in [2.24, 2.45) is 5.92 Å². The lowest BCUT2D eigenvalue weighted by atomic mass is 9.94. The predicted molar refractivity (Wildman–Crippen MR) is 154 cm³/mol. The van der Waals surface area contributed by atoms with Crippen LogP contribution in [0.15, 0.2) is 30.5 Å². The van der Waals surface area contributed by atoms with Crippen molar-refractivity contribution in [1.29, 1.82) is 0 Å². The van der Waals surface area contributed by atoms with Gasteiger partial charge >= 0.3 is 0 Å². The molecule has 0 unspecified atom stereocenters. The van der Waals surface area contributed by atoms with Crippen LogP contribution in [0.3, 0.4) is 0 Å². The first-order valence-corrected chi connectivity index (χ1v) is 14.4. The lowest BCUT2D eigenvalue weighted by Crippen LogP contribution is -2.45. The largest absolute Gasteiger partial charge is 0.433 e. The molecule has 0 spiro atoms. The maximum Gasteiger partial charge on any atom is 0.256 e. The van der Waals surface area contributed by atoms with E-state index in [1.807, 2.05) is 6.92 Å². The molecule has 208 valence electrons. The minimum atomic E-state index is -0.480. The van der Waals surface area contributed by atoms with Crippen molar-refractivity contribution < 1.29 is 9.13 Å². The van der Waals surface area contributed by atoms with Gasteiger partial charge in [0.15, 0.2) is 11.6 Å². The van der Waals surface area contributed by atoms with Crippen LogP contribution >= 0.6 is 23.2 Å². The van der Waals surface area contributed by atoms with Gasteiger partial charge in [-0.05, 0) is 70.1 Å². The van der Waals surface area contributed by atoms with Crippen LogP contribution < -0.4 is 9.64 Å². The Hall–Kier alpha value is -2.52. The minimum Gasteiger partial charge on any atom is -0.433 e. The van der Waals surface area contributed by atoms with E-state index in [0.717, 1.165) is 58.0 Å². The lowest BCUT2D eigenvalue weighted by Gasteiger charge is -2.32. The van der Waals surface area contributed by atoms with Crippen molar-refractivity contribution >= 4 is 29.2 Å². The maximum atomic E-state index is 15.9. The summed E-state index contributed by atoms with van der Waals surface area (Å²) < 4.78 is 22.0. The fourth-order valence-corrected chi connectivity index (χ4v) is 5.72. The Labute approximate surface area is 239 Å². The van der Waals surface area contributed by atoms with E-state index in [-0.39, 0.29) is 5.88 Å². The maximum absolute atomic E-state index is 15.9. The summed E-state index contributed by atoms with van der Waals surface area (Å²) in [6.07, 6.45) is 5.04. The van der Waals surface area contributed by atoms with Crippen molar-refractivity contribution in [1.82, 2.24) is 24.8 Å². The Kier molecular flexibility index (Phi) is 8.86. The SMILES string of the molecule is CCC1CCN(Cc2cc(-c3cc(Cl)cc(Cl)c3)nc(Oc3cnc(N4CCN(C)CC4)nc3C)c2F)CC1. The minimum absolute atomic E-state index is 0.110. The number of nitrogens with zero attached hydrogens (tertiary/aromatic N) is 6. The molecule has 0 bridgehead atoms. The molecule has 7 nitrogen and oxygen atoms in total. The van der Waals surface area contributed by atoms with Crippen LogP contribution in [0.5, 0.6) is 11.6 Å². The number of aromatic nitrogens is 3. The number of ether oxygens (including phenoxy) is 1. The second kappa shape index (κ2) is 12.3. The van der Waals surface area contributed by atoms with Gasteiger partial charge in [0.1, 0.15) is 0 Å². The lowest BCUT2D eigenvalue weighted by molar-refractivity contribution is 0.173. The van der Waals surface area contributed by atoms with E-state index < -0.39 is 5.82 Å². The second-order valence-electron chi connectivity index (χ2n) is 10.6. The summed E-state index contributed by atoms with van der Waals surface area (Å²) >= 11 is 12.6. The molecule has 2 aliphatic heterocycles. The standard InChI is InChI=1S/C29H35Cl2FN6O/c1-4-20-5-7-37(8-6-20)18-22-15-25(21-13-23(30)16-24(31)14-21)35-28(27(22)32)39-26-17-33-29(34-19(26)2)38-11-9-36(3)10-12-38/h13-17,20H,4-12,18H2,1-3H3. The van der Waals surface area contributed by atoms with Crippen molar-refractivity contribution in [3.8, 4) is 22.9 Å². The zero-order valence-corrected chi connectivity index (χ0v) is 24.3. The second-order valence-corrected chi connectivity index (χ2v) is 11.5. The molecule has 10 heteroatoms. The topological polar surface area (TPSA) is 57.6 Å². The van der Waals surface area contributed by atoms with Crippen LogP contribution in [-0.2, 0) is 6.54 Å². The molecule has 2 aromatic heterocycles. The summed E-state index contributed by atoms with van der Waals surface area (Å²) in [5.41, 5.74) is 2.39. The third-order valence-electron chi connectivity index (χ3n) is 7.75. The van der Waals surface area contributed by atoms with Crippen LogP contribution in [0.25, 0.3) is 11.3 Å². The Morgan fingerprint density at radius 1 is 0.974 bits per heavy atom. The fourth-order valence-electron chi connectivity index (χ4n) is 5.19. The molecule has 0 radical (unpaired) electrons. The smallest absolute Gasteiger partial charge is 0.256 e. The van der Waals surface area contributed by atoms with E-state index in [4.69, 9.17) is 27.9 Å². The summed E-state index contributed by atoms with van der Waals surface area (Å²) in [5.74, 6) is 1.17. The number of halogens is 3. The predicted octanol–water partition coefficient (Wildman–Crippen LogP) is 6.46. The Morgan fingerprint density at radius 3 is 2.31 bits per heavy atom. The van der Waals surface area contributed by atoms with Gasteiger partial charge in [-0.25, -0.2) is 19.3 Å². The number of anilines is 1. The molecule has 0 atom stereocenters. The summed E-state index contributed by atoms with van der Waals surface area (Å²) in [5, 5.41) is 0.969. The van der Waals surface area contributed by atoms with Crippen LogP contribution in [0, 0.1) is 18.7 Å². The molecule has 5 rings (SSSR count). The van der Waals surface area contributed by atoms with Crippen LogP contribution in [0.4, 0.5) is 10.3 Å². The number of pyridine rings is 1. The first-order valence-electron chi connectivity index (χ1n) is 13.6. The highest BCUT2D eigenvalue weighted by molar-refractivity contribution is 6.35. The Bertz CT molecular complexity index is 1290. The molecule has 0 amide bonds. The number of piperidine rings is 1. The molecule has 2 aliphatic rings. The number of piperazine rings is 1. The van der Waals surface area contributed by atoms with Crippen molar-refractivity contribution in [3.05, 3.63) is 57.6 Å². The molecule has 3 aromatic rings. The molecule has 0 N–H and O–H groups in total. The van der Waals surface area contributed by atoms with E-state index in [0.29, 0.717) is 50.8 Å². The van der Waals surface area contributed by atoms with Gasteiger partial charge in [-0.15, -0.1) is 0 Å². The first-order chi connectivity index (χ1) is 18.8. The average Bonchev–Trinajstić information content (AvgIpc) is 2.92. The van der Waals surface area contributed by atoms with Crippen LogP contribution in [-0.4, -0.2) is 71.1 Å². The van der Waals surface area contributed by atoms with Gasteiger partial charge in [0.2, 0.25) is 5.95 Å². The van der Waals surface area contributed by atoms with Gasteiger partial charge in [-0.3, -0.25) is 4.90 Å². The molecular weight excluding hydrogens is 538 g/mol. The number of aryl methyl sites for hydroxylation is 1. The highest BCUT2D eigenvalue weighted by Crippen LogP contribution is 2.34. The van der Waals surface area contributed by atoms with Gasteiger partial charge in [-0.1, -0.05) is 36.5 Å². The third kappa shape index (κ3) is 6.80. The summed E-state index contributed by atoms with van der Waals surface area (Å²) in [6, 6.07) is 6.98. The number of likely N-dealkylation sites (tertiary alicyclic amines) is 1. The van der Waals surface area contributed by atoms with Gasteiger partial charge in [-0.2, -0.15) is 0 Å². The third-order valence-corrected chi connectivity index (χ3v) is 8.19. The molecule has 2 fully saturated rings. The van der Waals surface area contributed by atoms with Crippen LogP contribution in [0.1, 0.15) is 37.4 Å². The van der Waals surface area contributed by atoms with Gasteiger partial charge in [0.05, 0.1) is 17.6 Å². The number of benzene rings is 1. The number of hydrogen-bond acceptors (Lipinski definition) is 7. The van der Waals surface area contributed by atoms with E-state index >= 15 is 4.39 Å². The molecule has 39 heavy (non-hydrogen) atoms. The molecule has 0 aliphatic carbocycles. The first kappa shape index (κ1) is 28.0. The highest BCUT2D eigenvalue weighted by Gasteiger charge is 2.23. The zero-order valence-electron chi connectivity index (χ0n) is 22.8. The van der Waals surface area contributed by atoms with Crippen molar-refractivity contribution in [2.75, 3.05) is 51.2 Å². The van der Waals surface area contributed by atoms with Crippen LogP contribution in [0.2, 0.25) is 10.0 Å². The van der Waals surface area contributed by atoms with Crippen molar-refractivity contribution in [3.63, 3.8) is 0 Å². The van der Waals surface area contributed by atoms with E-state index in [1.165, 1.54) is 6.42 Å². The van der Waals surface area contributed by atoms with E-state index in [9.17, 15) is 0 Å². The van der Waals surface area contributed by atoms with E-state index in [2.05, 4.69) is 43.6 Å². The fraction of sp³-hybridized carbons (Fsp3) is 0.483. The number of hydrogen-bond donors (Lipinski definition) is 0. The van der Waals surface area contributed by atoms with Gasteiger partial charge in [0.25, 0.3) is 5.88 Å². The van der Waals surface area contributed by atoms with Gasteiger partial charge < -0.3 is 14.5 Å². The number of rotatable bonds is 7. The molecule has 2 saturated heterocycles.